The van der Waals surface area contributed by atoms with E-state index in [2.05, 4.69) is 37.7 Å². The molecule has 2 nitrogen and oxygen atoms in total. The SMILES string of the molecule is Clc1cnccc1NCc1cc(Br)cs1. The van der Waals surface area contributed by atoms with E-state index in [-0.39, 0.29) is 0 Å². The van der Waals surface area contributed by atoms with Gasteiger partial charge in [0.15, 0.2) is 0 Å². The van der Waals surface area contributed by atoms with Crippen molar-refractivity contribution in [2.45, 2.75) is 6.54 Å². The highest BCUT2D eigenvalue weighted by molar-refractivity contribution is 9.10. The van der Waals surface area contributed by atoms with Gasteiger partial charge < -0.3 is 5.32 Å². The number of hydrogen-bond donors (Lipinski definition) is 1. The van der Waals surface area contributed by atoms with Crippen LogP contribution >= 0.6 is 38.9 Å². The summed E-state index contributed by atoms with van der Waals surface area (Å²) < 4.78 is 1.12. The van der Waals surface area contributed by atoms with E-state index >= 15 is 0 Å². The van der Waals surface area contributed by atoms with Gasteiger partial charge in [-0.1, -0.05) is 11.6 Å². The van der Waals surface area contributed by atoms with E-state index in [0.717, 1.165) is 16.7 Å². The Hall–Kier alpha value is -0.580. The molecule has 0 aliphatic carbocycles. The Kier molecular flexibility index (Phi) is 3.61. The zero-order valence-electron chi connectivity index (χ0n) is 7.71. The quantitative estimate of drug-likeness (QED) is 0.920. The number of nitrogens with zero attached hydrogens (tertiary/aromatic N) is 1. The Morgan fingerprint density at radius 3 is 3.07 bits per heavy atom. The molecule has 0 spiro atoms. The second-order valence-corrected chi connectivity index (χ2v) is 5.26. The molecular weight excluding hydrogens is 296 g/mol. The van der Waals surface area contributed by atoms with Crippen LogP contribution in [-0.4, -0.2) is 4.98 Å². The maximum absolute atomic E-state index is 5.96. The molecule has 0 atom stereocenters. The number of halogens is 2. The van der Waals surface area contributed by atoms with Crippen LogP contribution in [0.2, 0.25) is 5.02 Å². The molecule has 2 heterocycles. The first kappa shape index (κ1) is 10.9. The van der Waals surface area contributed by atoms with E-state index in [9.17, 15) is 0 Å². The maximum Gasteiger partial charge on any atom is 0.0820 e. The number of nitrogens with one attached hydrogen (secondary N) is 1. The molecule has 0 bridgehead atoms. The highest BCUT2D eigenvalue weighted by Gasteiger charge is 2.00. The Bertz CT molecular complexity index is 458. The highest BCUT2D eigenvalue weighted by Crippen LogP contribution is 2.23. The van der Waals surface area contributed by atoms with Gasteiger partial charge in [-0.2, -0.15) is 0 Å². The minimum atomic E-state index is 0.646. The number of anilines is 1. The molecular formula is C10H8BrClN2S. The van der Waals surface area contributed by atoms with Crippen molar-refractivity contribution in [2.75, 3.05) is 5.32 Å². The van der Waals surface area contributed by atoms with Gasteiger partial charge >= 0.3 is 0 Å². The summed E-state index contributed by atoms with van der Waals surface area (Å²) in [5.41, 5.74) is 0.913. The van der Waals surface area contributed by atoms with Crippen LogP contribution in [0.25, 0.3) is 0 Å². The Morgan fingerprint density at radius 1 is 1.53 bits per heavy atom. The summed E-state index contributed by atoms with van der Waals surface area (Å²) >= 11 is 11.1. The number of thiophene rings is 1. The molecule has 0 aromatic carbocycles. The Balaban J connectivity index is 2.02. The van der Waals surface area contributed by atoms with Crippen LogP contribution < -0.4 is 5.32 Å². The summed E-state index contributed by atoms with van der Waals surface area (Å²) in [6.07, 6.45) is 3.35. The van der Waals surface area contributed by atoms with Crippen molar-refractivity contribution in [3.05, 3.63) is 44.3 Å². The van der Waals surface area contributed by atoms with Crippen molar-refractivity contribution < 1.29 is 0 Å². The van der Waals surface area contributed by atoms with Crippen molar-refractivity contribution in [2.24, 2.45) is 0 Å². The second kappa shape index (κ2) is 4.96. The van der Waals surface area contributed by atoms with E-state index in [1.165, 1.54) is 4.88 Å². The standard InChI is InChI=1S/C10H8BrClN2S/c11-7-3-8(15-6-7)4-14-10-1-2-13-5-9(10)12/h1-3,5-6H,4H2,(H,13,14). The fourth-order valence-electron chi connectivity index (χ4n) is 1.15. The molecule has 2 aromatic rings. The zero-order valence-corrected chi connectivity index (χ0v) is 10.9. The molecule has 5 heteroatoms. The van der Waals surface area contributed by atoms with E-state index < -0.39 is 0 Å². The lowest BCUT2D eigenvalue weighted by molar-refractivity contribution is 1.18. The molecule has 1 N–H and O–H groups in total. The topological polar surface area (TPSA) is 24.9 Å². The average Bonchev–Trinajstić information content (AvgIpc) is 2.63. The largest absolute Gasteiger partial charge is 0.379 e. The van der Waals surface area contributed by atoms with Crippen molar-refractivity contribution in [3.63, 3.8) is 0 Å². The van der Waals surface area contributed by atoms with Gasteiger partial charge in [-0.05, 0) is 28.1 Å². The smallest absolute Gasteiger partial charge is 0.0820 e. The molecule has 2 rings (SSSR count). The van der Waals surface area contributed by atoms with E-state index in [0.29, 0.717) is 5.02 Å². The summed E-state index contributed by atoms with van der Waals surface area (Å²) in [5.74, 6) is 0. The Labute approximate surface area is 105 Å². The number of rotatable bonds is 3. The third-order valence-electron chi connectivity index (χ3n) is 1.85. The first-order valence-electron chi connectivity index (χ1n) is 4.32. The van der Waals surface area contributed by atoms with Crippen LogP contribution in [0.5, 0.6) is 0 Å². The fraction of sp³-hybridized carbons (Fsp3) is 0.100. The van der Waals surface area contributed by atoms with Crippen LogP contribution in [0, 0.1) is 0 Å². The summed E-state index contributed by atoms with van der Waals surface area (Å²) in [6.45, 7) is 0.778. The monoisotopic (exact) mass is 302 g/mol. The van der Waals surface area contributed by atoms with Crippen molar-refractivity contribution in [1.82, 2.24) is 4.98 Å². The van der Waals surface area contributed by atoms with Gasteiger partial charge in [0.1, 0.15) is 0 Å². The molecule has 0 saturated carbocycles. The highest BCUT2D eigenvalue weighted by atomic mass is 79.9. The lowest BCUT2D eigenvalue weighted by Crippen LogP contribution is -1.97. The number of pyridine rings is 1. The second-order valence-electron chi connectivity index (χ2n) is 2.94. The predicted molar refractivity (Wildman–Crippen MR) is 68.6 cm³/mol. The molecule has 15 heavy (non-hydrogen) atoms. The molecule has 0 fully saturated rings. The van der Waals surface area contributed by atoms with Gasteiger partial charge in [0.05, 0.1) is 10.7 Å². The minimum Gasteiger partial charge on any atom is -0.379 e. The minimum absolute atomic E-state index is 0.646. The summed E-state index contributed by atoms with van der Waals surface area (Å²) in [6, 6.07) is 3.96. The van der Waals surface area contributed by atoms with Gasteiger partial charge in [-0.25, -0.2) is 0 Å². The summed E-state index contributed by atoms with van der Waals surface area (Å²) in [5, 5.41) is 5.97. The molecule has 0 radical (unpaired) electrons. The summed E-state index contributed by atoms with van der Waals surface area (Å²) in [7, 11) is 0. The summed E-state index contributed by atoms with van der Waals surface area (Å²) in [4.78, 5) is 5.19. The van der Waals surface area contributed by atoms with Crippen molar-refractivity contribution in [1.29, 1.82) is 0 Å². The lowest BCUT2D eigenvalue weighted by atomic mass is 10.4. The van der Waals surface area contributed by atoms with Gasteiger partial charge in [0.2, 0.25) is 0 Å². The van der Waals surface area contributed by atoms with Crippen LogP contribution in [0.3, 0.4) is 0 Å². The van der Waals surface area contributed by atoms with Gasteiger partial charge in [0.25, 0.3) is 0 Å². The number of hydrogen-bond acceptors (Lipinski definition) is 3. The third-order valence-corrected chi connectivity index (χ3v) is 3.85. The molecule has 0 aliphatic heterocycles. The lowest BCUT2D eigenvalue weighted by Gasteiger charge is -2.05. The normalized spacial score (nSPS) is 10.3. The average molecular weight is 304 g/mol. The molecule has 2 aromatic heterocycles. The van der Waals surface area contributed by atoms with E-state index in [1.807, 2.05) is 6.07 Å². The van der Waals surface area contributed by atoms with Gasteiger partial charge in [-0.3, -0.25) is 4.98 Å². The third kappa shape index (κ3) is 2.93. The zero-order chi connectivity index (χ0) is 10.7. The van der Waals surface area contributed by atoms with Crippen LogP contribution in [-0.2, 0) is 6.54 Å². The Morgan fingerprint density at radius 2 is 2.40 bits per heavy atom. The van der Waals surface area contributed by atoms with Crippen LogP contribution in [0.4, 0.5) is 5.69 Å². The van der Waals surface area contributed by atoms with E-state index in [1.54, 1.807) is 23.7 Å². The first-order valence-corrected chi connectivity index (χ1v) is 6.37. The van der Waals surface area contributed by atoms with Gasteiger partial charge in [0, 0.05) is 33.7 Å². The molecule has 78 valence electrons. The number of aromatic nitrogens is 1. The molecule has 0 unspecified atom stereocenters. The maximum atomic E-state index is 5.96. The molecule has 0 aliphatic rings. The van der Waals surface area contributed by atoms with Gasteiger partial charge in [-0.15, -0.1) is 11.3 Å². The first-order chi connectivity index (χ1) is 7.25. The van der Waals surface area contributed by atoms with Crippen LogP contribution in [0.1, 0.15) is 4.88 Å². The van der Waals surface area contributed by atoms with Crippen molar-refractivity contribution in [3.8, 4) is 0 Å². The van der Waals surface area contributed by atoms with Crippen molar-refractivity contribution >= 4 is 44.6 Å². The fourth-order valence-corrected chi connectivity index (χ4v) is 2.72. The molecule has 0 saturated heterocycles. The predicted octanol–water partition coefficient (Wildman–Crippen LogP) is 4.17. The molecule has 0 amide bonds. The van der Waals surface area contributed by atoms with E-state index in [4.69, 9.17) is 11.6 Å². The van der Waals surface area contributed by atoms with Crippen LogP contribution in [0.15, 0.2) is 34.4 Å².